The molecule has 2 atom stereocenters. The molecule has 4 rings (SSSR count). The van der Waals surface area contributed by atoms with Crippen LogP contribution < -0.4 is 5.32 Å². The van der Waals surface area contributed by atoms with E-state index < -0.39 is 6.04 Å². The van der Waals surface area contributed by atoms with Crippen molar-refractivity contribution in [1.29, 1.82) is 0 Å². The van der Waals surface area contributed by atoms with Gasteiger partial charge in [-0.3, -0.25) is 14.6 Å². The Kier molecular flexibility index (Phi) is 5.32. The number of anilines is 1. The molecule has 0 spiro atoms. The molecule has 2 heterocycles. The lowest BCUT2D eigenvalue weighted by molar-refractivity contribution is -0.142. The van der Waals surface area contributed by atoms with Gasteiger partial charge in [-0.15, -0.1) is 0 Å². The molecule has 0 unspecified atom stereocenters. The first kappa shape index (κ1) is 19.2. The zero-order valence-electron chi connectivity index (χ0n) is 15.7. The topological polar surface area (TPSA) is 62.3 Å². The van der Waals surface area contributed by atoms with E-state index in [-0.39, 0.29) is 17.7 Å². The number of rotatable bonds is 3. The number of nitrogens with zero attached hydrogens (tertiary/aromatic N) is 2. The Morgan fingerprint density at radius 1 is 1.14 bits per heavy atom. The maximum Gasteiger partial charge on any atom is 0.299 e. The minimum atomic E-state index is -0.622. The molecule has 1 saturated heterocycles. The molecule has 1 fully saturated rings. The van der Waals surface area contributed by atoms with Gasteiger partial charge < -0.3 is 10.2 Å². The molecule has 5 nitrogen and oxygen atoms in total. The fourth-order valence-electron chi connectivity index (χ4n) is 3.63. The van der Waals surface area contributed by atoms with Gasteiger partial charge in [-0.2, -0.15) is 0 Å². The van der Waals surface area contributed by atoms with Crippen molar-refractivity contribution in [3.05, 3.63) is 70.8 Å². The first-order valence-electron chi connectivity index (χ1n) is 9.22. The number of halogens is 1. The number of nitrogens with one attached hydrogen (secondary N) is 1. The SMILES string of the molecule is CC#CC(=O)N1C[C@@H](c2ccc(Br)cc2)[C@@H]1C(=O)Nc1cccc2cccnc12. The van der Waals surface area contributed by atoms with Gasteiger partial charge in [0.2, 0.25) is 5.91 Å². The number of fused-ring (bicyclic) bond motifs is 1. The van der Waals surface area contributed by atoms with E-state index in [0.29, 0.717) is 17.7 Å². The van der Waals surface area contributed by atoms with Gasteiger partial charge in [-0.05, 0) is 42.7 Å². The molecule has 144 valence electrons. The second-order valence-corrected chi connectivity index (χ2v) is 7.72. The number of aromatic nitrogens is 1. The first-order valence-corrected chi connectivity index (χ1v) is 10.0. The number of hydrogen-bond acceptors (Lipinski definition) is 3. The maximum absolute atomic E-state index is 13.2. The van der Waals surface area contributed by atoms with Crippen LogP contribution in [-0.2, 0) is 9.59 Å². The van der Waals surface area contributed by atoms with Crippen molar-refractivity contribution < 1.29 is 9.59 Å². The summed E-state index contributed by atoms with van der Waals surface area (Å²) >= 11 is 3.43. The fraction of sp³-hybridized carbons (Fsp3) is 0.174. The number of amides is 2. The lowest BCUT2D eigenvalue weighted by Crippen LogP contribution is -2.61. The molecular weight excluding hydrogens is 430 g/mol. The molecule has 2 amide bonds. The van der Waals surface area contributed by atoms with Gasteiger partial charge >= 0.3 is 0 Å². The van der Waals surface area contributed by atoms with Gasteiger partial charge in [0.15, 0.2) is 0 Å². The van der Waals surface area contributed by atoms with Crippen LogP contribution in [0.3, 0.4) is 0 Å². The fourth-order valence-corrected chi connectivity index (χ4v) is 3.89. The smallest absolute Gasteiger partial charge is 0.299 e. The molecule has 0 radical (unpaired) electrons. The van der Waals surface area contributed by atoms with E-state index in [1.54, 1.807) is 13.1 Å². The van der Waals surface area contributed by atoms with Gasteiger partial charge in [-0.25, -0.2) is 0 Å². The van der Waals surface area contributed by atoms with Gasteiger partial charge in [0.25, 0.3) is 5.91 Å². The van der Waals surface area contributed by atoms with Crippen molar-refractivity contribution in [2.24, 2.45) is 0 Å². The summed E-state index contributed by atoms with van der Waals surface area (Å²) in [4.78, 5) is 31.5. The van der Waals surface area contributed by atoms with Crippen molar-refractivity contribution in [2.75, 3.05) is 11.9 Å². The Bertz CT molecular complexity index is 1140. The second-order valence-electron chi connectivity index (χ2n) is 6.81. The van der Waals surface area contributed by atoms with E-state index in [9.17, 15) is 9.59 Å². The van der Waals surface area contributed by atoms with Crippen LogP contribution in [0.1, 0.15) is 18.4 Å². The van der Waals surface area contributed by atoms with Crippen LogP contribution in [0.25, 0.3) is 10.9 Å². The third-order valence-corrected chi connectivity index (χ3v) is 5.59. The molecule has 0 saturated carbocycles. The molecule has 6 heteroatoms. The number of carbonyl (C=O) groups excluding carboxylic acids is 2. The Morgan fingerprint density at radius 3 is 2.66 bits per heavy atom. The Labute approximate surface area is 177 Å². The normalized spacial score (nSPS) is 17.8. The summed E-state index contributed by atoms with van der Waals surface area (Å²) in [5.41, 5.74) is 2.36. The zero-order valence-corrected chi connectivity index (χ0v) is 17.3. The van der Waals surface area contributed by atoms with Crippen molar-refractivity contribution >= 4 is 44.3 Å². The summed E-state index contributed by atoms with van der Waals surface area (Å²) in [5.74, 6) is 4.50. The number of carbonyl (C=O) groups is 2. The molecule has 2 aromatic carbocycles. The Morgan fingerprint density at radius 2 is 1.90 bits per heavy atom. The van der Waals surface area contributed by atoms with Gasteiger partial charge in [0.05, 0.1) is 11.2 Å². The summed E-state index contributed by atoms with van der Waals surface area (Å²) in [6.45, 7) is 2.07. The van der Waals surface area contributed by atoms with Crippen LogP contribution >= 0.6 is 15.9 Å². The Hall–Kier alpha value is -3.17. The standard InChI is InChI=1S/C23H18BrN3O2/c1-2-5-20(28)27-14-18(15-9-11-17(24)12-10-15)22(27)23(29)26-19-8-3-6-16-7-4-13-25-21(16)19/h3-4,6-13,18,22H,14H2,1H3,(H,26,29)/t18-,22+/m0/s1. The van der Waals surface area contributed by atoms with Crippen LogP contribution in [0.2, 0.25) is 0 Å². The number of para-hydroxylation sites is 1. The van der Waals surface area contributed by atoms with Crippen molar-refractivity contribution in [3.8, 4) is 11.8 Å². The summed E-state index contributed by atoms with van der Waals surface area (Å²) in [6, 6.07) is 16.6. The van der Waals surface area contributed by atoms with Crippen LogP contribution in [0.5, 0.6) is 0 Å². The lowest BCUT2D eigenvalue weighted by atomic mass is 9.81. The van der Waals surface area contributed by atoms with E-state index in [1.165, 1.54) is 4.90 Å². The van der Waals surface area contributed by atoms with E-state index in [2.05, 4.69) is 38.1 Å². The number of pyridine rings is 1. The van der Waals surface area contributed by atoms with Crippen LogP contribution in [0.15, 0.2) is 65.3 Å². The highest BCUT2D eigenvalue weighted by atomic mass is 79.9. The minimum absolute atomic E-state index is 0.0892. The molecule has 1 N–H and O–H groups in total. The molecule has 1 aromatic heterocycles. The molecule has 1 aliphatic heterocycles. The second kappa shape index (κ2) is 8.06. The van der Waals surface area contributed by atoms with Crippen molar-refractivity contribution in [2.45, 2.75) is 18.9 Å². The maximum atomic E-state index is 13.2. The van der Waals surface area contributed by atoms with Crippen LogP contribution in [0, 0.1) is 11.8 Å². The molecular formula is C23H18BrN3O2. The predicted octanol–water partition coefficient (Wildman–Crippen LogP) is 3.95. The van der Waals surface area contributed by atoms with Crippen molar-refractivity contribution in [3.63, 3.8) is 0 Å². The zero-order chi connectivity index (χ0) is 20.4. The van der Waals surface area contributed by atoms with E-state index >= 15 is 0 Å². The quantitative estimate of drug-likeness (QED) is 0.618. The molecule has 0 bridgehead atoms. The molecule has 1 aliphatic rings. The highest BCUT2D eigenvalue weighted by Crippen LogP contribution is 2.36. The number of likely N-dealkylation sites (tertiary alicyclic amines) is 1. The molecule has 3 aromatic rings. The largest absolute Gasteiger partial charge is 0.322 e. The summed E-state index contributed by atoms with van der Waals surface area (Å²) in [6.07, 6.45) is 1.69. The summed E-state index contributed by atoms with van der Waals surface area (Å²) in [7, 11) is 0. The van der Waals surface area contributed by atoms with Gasteiger partial charge in [0.1, 0.15) is 6.04 Å². The average molecular weight is 448 g/mol. The third-order valence-electron chi connectivity index (χ3n) is 5.06. The van der Waals surface area contributed by atoms with Crippen LogP contribution in [0.4, 0.5) is 5.69 Å². The Balaban J connectivity index is 1.64. The highest BCUT2D eigenvalue weighted by Gasteiger charge is 2.47. The number of benzene rings is 2. The van der Waals surface area contributed by atoms with E-state index in [4.69, 9.17) is 0 Å². The molecule has 29 heavy (non-hydrogen) atoms. The minimum Gasteiger partial charge on any atom is -0.322 e. The lowest BCUT2D eigenvalue weighted by Gasteiger charge is -2.46. The monoisotopic (exact) mass is 447 g/mol. The summed E-state index contributed by atoms with van der Waals surface area (Å²) < 4.78 is 0.966. The predicted molar refractivity (Wildman–Crippen MR) is 116 cm³/mol. The van der Waals surface area contributed by atoms with Crippen LogP contribution in [-0.4, -0.2) is 34.3 Å². The average Bonchev–Trinajstić information content (AvgIpc) is 2.69. The molecule has 0 aliphatic carbocycles. The summed E-state index contributed by atoms with van der Waals surface area (Å²) in [5, 5.41) is 3.91. The van der Waals surface area contributed by atoms with E-state index in [0.717, 1.165) is 15.4 Å². The van der Waals surface area contributed by atoms with Gasteiger partial charge in [0, 0.05) is 28.5 Å². The van der Waals surface area contributed by atoms with Crippen molar-refractivity contribution in [1.82, 2.24) is 9.88 Å². The first-order chi connectivity index (χ1) is 14.1. The highest BCUT2D eigenvalue weighted by molar-refractivity contribution is 9.10. The van der Waals surface area contributed by atoms with E-state index in [1.807, 2.05) is 54.6 Å². The van der Waals surface area contributed by atoms with Gasteiger partial charge in [-0.1, -0.05) is 52.2 Å². The third kappa shape index (κ3) is 3.74. The number of hydrogen-bond donors (Lipinski definition) is 1.